The van der Waals surface area contributed by atoms with E-state index in [0.717, 1.165) is 24.8 Å². The van der Waals surface area contributed by atoms with Crippen molar-refractivity contribution in [3.63, 3.8) is 0 Å². The summed E-state index contributed by atoms with van der Waals surface area (Å²) in [6.45, 7) is 5.64. The Morgan fingerprint density at radius 1 is 1.15 bits per heavy atom. The minimum absolute atomic E-state index is 0.180. The van der Waals surface area contributed by atoms with E-state index in [1.54, 1.807) is 0 Å². The van der Waals surface area contributed by atoms with Crippen LogP contribution < -0.4 is 0 Å². The Kier molecular flexibility index (Phi) is 8.47. The third-order valence-corrected chi connectivity index (χ3v) is 4.69. The molecule has 0 amide bonds. The number of ether oxygens (including phenoxy) is 1. The van der Waals surface area contributed by atoms with Gasteiger partial charge in [0.1, 0.15) is 0 Å². The third kappa shape index (κ3) is 8.36. The quantitative estimate of drug-likeness (QED) is 0.386. The van der Waals surface area contributed by atoms with E-state index in [2.05, 4.69) is 23.7 Å². The summed E-state index contributed by atoms with van der Waals surface area (Å²) in [6.07, 6.45) is 8.28. The number of hydrogen-bond acceptors (Lipinski definition) is 2. The second-order valence-corrected chi connectivity index (χ2v) is 8.33. The highest BCUT2D eigenvalue weighted by molar-refractivity contribution is 5.75. The molecule has 1 fully saturated rings. The lowest BCUT2D eigenvalue weighted by molar-refractivity contribution is -0.156. The zero-order chi connectivity index (χ0) is 19.5. The van der Waals surface area contributed by atoms with Crippen LogP contribution >= 0.6 is 0 Å². The Morgan fingerprint density at radius 3 is 2.52 bits per heavy atom. The SMILES string of the molecule is CC(C)(C)C(=O)OC(C#CC1CCCCC1)CCCC#Cc1ccccc1. The fraction of sp³-hybridized carbons (Fsp3) is 0.560. The summed E-state index contributed by atoms with van der Waals surface area (Å²) in [4.78, 5) is 12.3. The fourth-order valence-electron chi connectivity index (χ4n) is 2.99. The summed E-state index contributed by atoms with van der Waals surface area (Å²) in [5.41, 5.74) is 0.531. The van der Waals surface area contributed by atoms with Crippen molar-refractivity contribution >= 4 is 5.97 Å². The van der Waals surface area contributed by atoms with Gasteiger partial charge in [-0.05, 0) is 58.6 Å². The molecule has 0 heterocycles. The Morgan fingerprint density at radius 2 is 1.85 bits per heavy atom. The van der Waals surface area contributed by atoms with E-state index in [-0.39, 0.29) is 12.1 Å². The Hall–Kier alpha value is -2.19. The van der Waals surface area contributed by atoms with Crippen LogP contribution in [0.2, 0.25) is 0 Å². The molecule has 1 atom stereocenters. The molecule has 1 unspecified atom stereocenters. The normalized spacial score (nSPS) is 15.7. The van der Waals surface area contributed by atoms with Crippen LogP contribution in [-0.2, 0) is 9.53 Å². The van der Waals surface area contributed by atoms with E-state index in [4.69, 9.17) is 4.74 Å². The Labute approximate surface area is 165 Å². The molecule has 2 nitrogen and oxygen atoms in total. The molecule has 0 bridgehead atoms. The van der Waals surface area contributed by atoms with Gasteiger partial charge in [0.05, 0.1) is 5.41 Å². The maximum Gasteiger partial charge on any atom is 0.312 e. The topological polar surface area (TPSA) is 26.3 Å². The molecule has 0 N–H and O–H groups in total. The highest BCUT2D eigenvalue weighted by Crippen LogP contribution is 2.23. The zero-order valence-electron chi connectivity index (χ0n) is 17.0. The van der Waals surface area contributed by atoms with Crippen LogP contribution in [0.15, 0.2) is 30.3 Å². The van der Waals surface area contributed by atoms with E-state index in [1.807, 2.05) is 51.1 Å². The average molecular weight is 365 g/mol. The van der Waals surface area contributed by atoms with Crippen LogP contribution in [0.4, 0.5) is 0 Å². The predicted molar refractivity (Wildman–Crippen MR) is 111 cm³/mol. The van der Waals surface area contributed by atoms with Crippen molar-refractivity contribution in [2.24, 2.45) is 11.3 Å². The summed E-state index contributed by atoms with van der Waals surface area (Å²) < 4.78 is 5.71. The van der Waals surface area contributed by atoms with Gasteiger partial charge in [-0.3, -0.25) is 4.79 Å². The van der Waals surface area contributed by atoms with Crippen molar-refractivity contribution in [1.29, 1.82) is 0 Å². The second kappa shape index (κ2) is 10.8. The smallest absolute Gasteiger partial charge is 0.312 e. The zero-order valence-corrected chi connectivity index (χ0v) is 17.0. The van der Waals surface area contributed by atoms with Crippen LogP contribution in [0.3, 0.4) is 0 Å². The van der Waals surface area contributed by atoms with Gasteiger partial charge in [-0.15, -0.1) is 0 Å². The Balaban J connectivity index is 1.90. The molecule has 27 heavy (non-hydrogen) atoms. The van der Waals surface area contributed by atoms with Crippen molar-refractivity contribution in [2.75, 3.05) is 0 Å². The van der Waals surface area contributed by atoms with Crippen molar-refractivity contribution in [3.05, 3.63) is 35.9 Å². The first-order chi connectivity index (χ1) is 12.9. The minimum Gasteiger partial charge on any atom is -0.449 e. The van der Waals surface area contributed by atoms with Crippen LogP contribution in [0.25, 0.3) is 0 Å². The molecule has 0 radical (unpaired) electrons. The lowest BCUT2D eigenvalue weighted by Crippen LogP contribution is -2.27. The fourth-order valence-corrected chi connectivity index (χ4v) is 2.99. The molecule has 1 aliphatic rings. The first-order valence-corrected chi connectivity index (χ1v) is 10.2. The van der Waals surface area contributed by atoms with Gasteiger partial charge >= 0.3 is 5.97 Å². The van der Waals surface area contributed by atoms with E-state index >= 15 is 0 Å². The molecule has 1 saturated carbocycles. The highest BCUT2D eigenvalue weighted by Gasteiger charge is 2.25. The summed E-state index contributed by atoms with van der Waals surface area (Å²) in [7, 11) is 0. The lowest BCUT2D eigenvalue weighted by atomic mass is 9.89. The molecule has 1 aromatic carbocycles. The summed E-state index contributed by atoms with van der Waals surface area (Å²) >= 11 is 0. The van der Waals surface area contributed by atoms with Crippen LogP contribution in [-0.4, -0.2) is 12.1 Å². The first-order valence-electron chi connectivity index (χ1n) is 10.2. The monoisotopic (exact) mass is 364 g/mol. The van der Waals surface area contributed by atoms with Crippen molar-refractivity contribution in [3.8, 4) is 23.7 Å². The van der Waals surface area contributed by atoms with Gasteiger partial charge in [0.25, 0.3) is 0 Å². The first kappa shape index (κ1) is 21.1. The van der Waals surface area contributed by atoms with Gasteiger partial charge in [0.2, 0.25) is 0 Å². The molecule has 0 aliphatic heterocycles. The highest BCUT2D eigenvalue weighted by atomic mass is 16.5. The standard InChI is InChI=1S/C25H32O2/c1-25(2,3)24(26)27-23(20-19-22-16-9-5-10-17-22)18-12-6-11-15-21-13-7-4-8-14-21/h4,7-8,13-14,22-23H,5-6,9-10,12,16-18H2,1-3H3. The second-order valence-electron chi connectivity index (χ2n) is 8.33. The van der Waals surface area contributed by atoms with Gasteiger partial charge in [-0.2, -0.15) is 0 Å². The summed E-state index contributed by atoms with van der Waals surface area (Å²) in [5, 5.41) is 0. The Bertz CT molecular complexity index is 698. The number of carbonyl (C=O) groups is 1. The molecule has 1 aliphatic carbocycles. The molecule has 144 valence electrons. The van der Waals surface area contributed by atoms with Gasteiger partial charge in [0, 0.05) is 17.9 Å². The van der Waals surface area contributed by atoms with Gasteiger partial charge in [-0.1, -0.05) is 61.1 Å². The molecular weight excluding hydrogens is 332 g/mol. The lowest BCUT2D eigenvalue weighted by Gasteiger charge is -2.21. The van der Waals surface area contributed by atoms with Crippen LogP contribution in [0.1, 0.15) is 77.7 Å². The van der Waals surface area contributed by atoms with Crippen LogP contribution in [0.5, 0.6) is 0 Å². The van der Waals surface area contributed by atoms with E-state index in [9.17, 15) is 4.79 Å². The number of esters is 1. The molecule has 2 heteroatoms. The largest absolute Gasteiger partial charge is 0.449 e. The number of benzene rings is 1. The number of rotatable bonds is 4. The molecule has 0 spiro atoms. The van der Waals surface area contributed by atoms with Gasteiger partial charge in [0.15, 0.2) is 6.10 Å². The maximum absolute atomic E-state index is 12.3. The molecule has 0 saturated heterocycles. The maximum atomic E-state index is 12.3. The van der Waals surface area contributed by atoms with Gasteiger partial charge < -0.3 is 4.74 Å². The molecule has 1 aromatic rings. The minimum atomic E-state index is -0.502. The number of unbranched alkanes of at least 4 members (excludes halogenated alkanes) is 1. The van der Waals surface area contributed by atoms with E-state index in [0.29, 0.717) is 5.92 Å². The van der Waals surface area contributed by atoms with Gasteiger partial charge in [-0.25, -0.2) is 0 Å². The van der Waals surface area contributed by atoms with E-state index in [1.165, 1.54) is 32.1 Å². The predicted octanol–water partition coefficient (Wildman–Crippen LogP) is 5.75. The molecular formula is C25H32O2. The summed E-state index contributed by atoms with van der Waals surface area (Å²) in [6, 6.07) is 10.00. The number of hydrogen-bond donors (Lipinski definition) is 0. The average Bonchev–Trinajstić information content (AvgIpc) is 2.66. The molecule has 2 rings (SSSR count). The summed E-state index contributed by atoms with van der Waals surface area (Å²) in [5.74, 6) is 13.3. The van der Waals surface area contributed by atoms with E-state index < -0.39 is 5.41 Å². The van der Waals surface area contributed by atoms with Crippen molar-refractivity contribution in [1.82, 2.24) is 0 Å². The number of carbonyl (C=O) groups excluding carboxylic acids is 1. The van der Waals surface area contributed by atoms with Crippen molar-refractivity contribution < 1.29 is 9.53 Å². The van der Waals surface area contributed by atoms with Crippen molar-refractivity contribution in [2.45, 2.75) is 78.2 Å². The molecule has 0 aromatic heterocycles. The third-order valence-electron chi connectivity index (χ3n) is 4.69. The van der Waals surface area contributed by atoms with Crippen LogP contribution in [0, 0.1) is 35.0 Å².